The van der Waals surface area contributed by atoms with Gasteiger partial charge in [-0.2, -0.15) is 0 Å². The molecule has 1 atom stereocenters. The van der Waals surface area contributed by atoms with Gasteiger partial charge in [0.05, 0.1) is 0 Å². The van der Waals surface area contributed by atoms with Crippen molar-refractivity contribution in [3.63, 3.8) is 0 Å². The van der Waals surface area contributed by atoms with Crippen molar-refractivity contribution >= 4 is 17.7 Å². The van der Waals surface area contributed by atoms with Gasteiger partial charge < -0.3 is 15.4 Å². The summed E-state index contributed by atoms with van der Waals surface area (Å²) in [5.74, 6) is -0.333. The standard InChI is InChI=1S/C32H30N2O3/c1-21-16-17-22(2)29(18-21)33-31(35)30(19-23-10-4-3-5-11-23)34-32(36)37-20-28-26-14-8-6-12-24(26)25-13-7-9-15-27(25)28/h3-18,28,30H,19-20H2,1-2H3,(H,33,35)(H,34,36)/t30-/m0/s1. The van der Waals surface area contributed by atoms with E-state index in [1.54, 1.807) is 0 Å². The number of fused-ring (bicyclic) bond motifs is 3. The maximum Gasteiger partial charge on any atom is 0.407 e. The fourth-order valence-corrected chi connectivity index (χ4v) is 4.93. The highest BCUT2D eigenvalue weighted by Gasteiger charge is 2.30. The smallest absolute Gasteiger partial charge is 0.407 e. The molecule has 0 aliphatic heterocycles. The summed E-state index contributed by atoms with van der Waals surface area (Å²) < 4.78 is 5.72. The van der Waals surface area contributed by atoms with Gasteiger partial charge in [0.25, 0.3) is 0 Å². The lowest BCUT2D eigenvalue weighted by Gasteiger charge is -2.20. The number of benzene rings is 4. The summed E-state index contributed by atoms with van der Waals surface area (Å²) in [6, 6.07) is 31.2. The molecule has 1 aliphatic rings. The van der Waals surface area contributed by atoms with E-state index in [1.165, 1.54) is 11.1 Å². The van der Waals surface area contributed by atoms with Crippen molar-refractivity contribution in [3.8, 4) is 11.1 Å². The molecule has 0 bridgehead atoms. The third-order valence-electron chi connectivity index (χ3n) is 6.89. The number of anilines is 1. The largest absolute Gasteiger partial charge is 0.449 e. The number of aryl methyl sites for hydroxylation is 2. The maximum absolute atomic E-state index is 13.3. The first-order valence-corrected chi connectivity index (χ1v) is 12.5. The average Bonchev–Trinajstić information content (AvgIpc) is 3.23. The average molecular weight is 491 g/mol. The molecule has 0 radical (unpaired) electrons. The fourth-order valence-electron chi connectivity index (χ4n) is 4.93. The molecule has 2 N–H and O–H groups in total. The molecule has 186 valence electrons. The highest BCUT2D eigenvalue weighted by Crippen LogP contribution is 2.44. The van der Waals surface area contributed by atoms with Crippen LogP contribution in [0, 0.1) is 13.8 Å². The Balaban J connectivity index is 1.31. The minimum Gasteiger partial charge on any atom is -0.449 e. The number of carbonyl (C=O) groups excluding carboxylic acids is 2. The first-order chi connectivity index (χ1) is 18.0. The second-order valence-corrected chi connectivity index (χ2v) is 9.52. The van der Waals surface area contributed by atoms with Gasteiger partial charge in [-0.15, -0.1) is 0 Å². The number of carbonyl (C=O) groups is 2. The second kappa shape index (κ2) is 10.7. The monoisotopic (exact) mass is 490 g/mol. The van der Waals surface area contributed by atoms with Crippen LogP contribution in [-0.2, 0) is 16.0 Å². The number of alkyl carbamates (subject to hydrolysis) is 1. The van der Waals surface area contributed by atoms with Crippen LogP contribution in [-0.4, -0.2) is 24.6 Å². The Morgan fingerprint density at radius 2 is 1.43 bits per heavy atom. The molecule has 0 aromatic heterocycles. The Morgan fingerprint density at radius 1 is 0.811 bits per heavy atom. The molecule has 5 heteroatoms. The van der Waals surface area contributed by atoms with Gasteiger partial charge in [0, 0.05) is 18.0 Å². The lowest BCUT2D eigenvalue weighted by atomic mass is 9.98. The van der Waals surface area contributed by atoms with E-state index in [0.29, 0.717) is 6.42 Å². The predicted molar refractivity (Wildman–Crippen MR) is 147 cm³/mol. The normalized spacial score (nSPS) is 12.8. The van der Waals surface area contributed by atoms with E-state index >= 15 is 0 Å². The summed E-state index contributed by atoms with van der Waals surface area (Å²) in [6.45, 7) is 4.11. The van der Waals surface area contributed by atoms with Gasteiger partial charge in [-0.3, -0.25) is 4.79 Å². The summed E-state index contributed by atoms with van der Waals surface area (Å²) in [5.41, 5.74) is 8.31. The number of hydrogen-bond acceptors (Lipinski definition) is 3. The van der Waals surface area contributed by atoms with Crippen LogP contribution >= 0.6 is 0 Å². The van der Waals surface area contributed by atoms with Crippen LogP contribution in [0.15, 0.2) is 97.1 Å². The van der Waals surface area contributed by atoms with E-state index in [2.05, 4.69) is 34.9 Å². The van der Waals surface area contributed by atoms with E-state index in [-0.39, 0.29) is 18.4 Å². The summed E-state index contributed by atoms with van der Waals surface area (Å²) in [4.78, 5) is 26.3. The van der Waals surface area contributed by atoms with Crippen molar-refractivity contribution in [3.05, 3.63) is 125 Å². The molecule has 0 saturated carbocycles. The molecule has 0 unspecified atom stereocenters. The molecular weight excluding hydrogens is 460 g/mol. The summed E-state index contributed by atoms with van der Waals surface area (Å²) in [6.07, 6.45) is -0.263. The van der Waals surface area contributed by atoms with Crippen LogP contribution in [0.3, 0.4) is 0 Å². The maximum atomic E-state index is 13.3. The Bertz CT molecular complexity index is 1390. The Morgan fingerprint density at radius 3 is 2.11 bits per heavy atom. The summed E-state index contributed by atoms with van der Waals surface area (Å²) in [7, 11) is 0. The molecule has 0 fully saturated rings. The van der Waals surface area contributed by atoms with Crippen LogP contribution in [0.5, 0.6) is 0 Å². The van der Waals surface area contributed by atoms with Crippen LogP contribution in [0.1, 0.15) is 33.7 Å². The van der Waals surface area contributed by atoms with Gasteiger partial charge in [0.1, 0.15) is 12.6 Å². The molecule has 4 aromatic carbocycles. The third-order valence-corrected chi connectivity index (χ3v) is 6.89. The summed E-state index contributed by atoms with van der Waals surface area (Å²) >= 11 is 0. The van der Waals surface area contributed by atoms with Crippen molar-refractivity contribution in [2.75, 3.05) is 11.9 Å². The molecule has 1 aliphatic carbocycles. The minimum atomic E-state index is -0.794. The van der Waals surface area contributed by atoms with E-state index < -0.39 is 12.1 Å². The molecule has 0 heterocycles. The van der Waals surface area contributed by atoms with E-state index in [0.717, 1.165) is 33.5 Å². The molecular formula is C32H30N2O3. The van der Waals surface area contributed by atoms with Crippen LogP contribution in [0.25, 0.3) is 11.1 Å². The summed E-state index contributed by atoms with van der Waals surface area (Å²) in [5, 5.41) is 5.81. The number of nitrogens with one attached hydrogen (secondary N) is 2. The Kier molecular flexibility index (Phi) is 7.04. The fraction of sp³-hybridized carbons (Fsp3) is 0.188. The molecule has 5 rings (SSSR count). The zero-order chi connectivity index (χ0) is 25.8. The Hall–Kier alpha value is -4.38. The number of amides is 2. The quantitative estimate of drug-likeness (QED) is 0.315. The highest BCUT2D eigenvalue weighted by atomic mass is 16.5. The lowest BCUT2D eigenvalue weighted by Crippen LogP contribution is -2.45. The van der Waals surface area contributed by atoms with Gasteiger partial charge in [0.15, 0.2) is 0 Å². The number of rotatable bonds is 7. The third kappa shape index (κ3) is 5.41. The van der Waals surface area contributed by atoms with E-state index in [1.807, 2.05) is 86.6 Å². The molecule has 37 heavy (non-hydrogen) atoms. The molecule has 0 spiro atoms. The van der Waals surface area contributed by atoms with Gasteiger partial charge in [-0.05, 0) is 58.9 Å². The highest BCUT2D eigenvalue weighted by molar-refractivity contribution is 5.97. The Labute approximate surface area is 217 Å². The molecule has 0 saturated heterocycles. The van der Waals surface area contributed by atoms with E-state index in [9.17, 15) is 9.59 Å². The second-order valence-electron chi connectivity index (χ2n) is 9.52. The van der Waals surface area contributed by atoms with Crippen LogP contribution in [0.2, 0.25) is 0 Å². The van der Waals surface area contributed by atoms with Crippen LogP contribution in [0.4, 0.5) is 10.5 Å². The number of ether oxygens (including phenoxy) is 1. The van der Waals surface area contributed by atoms with Crippen molar-refractivity contribution < 1.29 is 14.3 Å². The van der Waals surface area contributed by atoms with Crippen molar-refractivity contribution in [2.24, 2.45) is 0 Å². The van der Waals surface area contributed by atoms with Gasteiger partial charge in [0.2, 0.25) is 5.91 Å². The van der Waals surface area contributed by atoms with Crippen molar-refractivity contribution in [2.45, 2.75) is 32.2 Å². The van der Waals surface area contributed by atoms with Crippen molar-refractivity contribution in [1.29, 1.82) is 0 Å². The first-order valence-electron chi connectivity index (χ1n) is 12.5. The van der Waals surface area contributed by atoms with Gasteiger partial charge in [-0.25, -0.2) is 4.79 Å². The van der Waals surface area contributed by atoms with Gasteiger partial charge >= 0.3 is 6.09 Å². The molecule has 4 aromatic rings. The topological polar surface area (TPSA) is 67.4 Å². The molecule has 5 nitrogen and oxygen atoms in total. The zero-order valence-corrected chi connectivity index (χ0v) is 21.0. The van der Waals surface area contributed by atoms with E-state index in [4.69, 9.17) is 4.74 Å². The minimum absolute atomic E-state index is 0.0468. The molecule has 2 amide bonds. The first kappa shape index (κ1) is 24.3. The SMILES string of the molecule is Cc1ccc(C)c(NC(=O)[C@H](Cc2ccccc2)NC(=O)OCC2c3ccccc3-c3ccccc32)c1. The van der Waals surface area contributed by atoms with Crippen molar-refractivity contribution in [1.82, 2.24) is 5.32 Å². The number of hydrogen-bond donors (Lipinski definition) is 2. The predicted octanol–water partition coefficient (Wildman–Crippen LogP) is 6.39. The van der Waals surface area contributed by atoms with Gasteiger partial charge in [-0.1, -0.05) is 91.0 Å². The van der Waals surface area contributed by atoms with Crippen LogP contribution < -0.4 is 10.6 Å². The zero-order valence-electron chi connectivity index (χ0n) is 21.0. The lowest BCUT2D eigenvalue weighted by molar-refractivity contribution is -0.118.